The van der Waals surface area contributed by atoms with Gasteiger partial charge in [0.25, 0.3) is 5.91 Å². The van der Waals surface area contributed by atoms with Crippen molar-refractivity contribution in [3.05, 3.63) is 29.8 Å². The molecule has 0 bridgehead atoms. The molecule has 1 aliphatic heterocycles. The smallest absolute Gasteiger partial charge is 0.405 e. The molecule has 122 valence electrons. The molecule has 1 saturated heterocycles. The Morgan fingerprint density at radius 3 is 2.73 bits per heavy atom. The minimum atomic E-state index is -4.91. The highest BCUT2D eigenvalue weighted by molar-refractivity contribution is 6.24. The van der Waals surface area contributed by atoms with Crippen molar-refractivity contribution in [1.29, 1.82) is 0 Å². The Balaban J connectivity index is 2.21. The van der Waals surface area contributed by atoms with Crippen LogP contribution in [0.25, 0.3) is 0 Å². The summed E-state index contributed by atoms with van der Waals surface area (Å²) in [6.45, 7) is 0.792. The zero-order chi connectivity index (χ0) is 16.3. The van der Waals surface area contributed by atoms with E-state index in [1.54, 1.807) is 0 Å². The highest BCUT2D eigenvalue weighted by atomic mass is 35.5. The van der Waals surface area contributed by atoms with E-state index >= 15 is 0 Å². The van der Waals surface area contributed by atoms with Gasteiger partial charge in [-0.3, -0.25) is 4.79 Å². The Hall–Kier alpha value is -1.51. The number of ether oxygens (including phenoxy) is 1. The molecule has 2 N–H and O–H groups in total. The van der Waals surface area contributed by atoms with Crippen molar-refractivity contribution in [1.82, 2.24) is 9.74 Å². The Labute approximate surface area is 129 Å². The highest BCUT2D eigenvalue weighted by Gasteiger charge is 2.36. The number of hydrogen-bond donors (Lipinski definition) is 2. The number of nitrogens with zero attached hydrogens (tertiary/aromatic N) is 1. The largest absolute Gasteiger partial charge is 0.573 e. The molecule has 1 aromatic rings. The lowest BCUT2D eigenvalue weighted by atomic mass is 10.0. The first kappa shape index (κ1) is 16.9. The van der Waals surface area contributed by atoms with Gasteiger partial charge in [-0.2, -0.15) is 0 Å². The third kappa shape index (κ3) is 4.02. The van der Waals surface area contributed by atoms with Gasteiger partial charge in [0.2, 0.25) is 0 Å². The van der Waals surface area contributed by atoms with Gasteiger partial charge in [-0.05, 0) is 25.1 Å². The number of hydrogen-bond acceptors (Lipinski definition) is 4. The van der Waals surface area contributed by atoms with Crippen LogP contribution in [0.4, 0.5) is 13.2 Å². The van der Waals surface area contributed by atoms with Crippen LogP contribution in [0.15, 0.2) is 24.3 Å². The number of carbonyl (C=O) groups is 1. The lowest BCUT2D eigenvalue weighted by Gasteiger charge is -2.33. The number of piperidine rings is 1. The molecule has 22 heavy (non-hydrogen) atoms. The zero-order valence-electron chi connectivity index (χ0n) is 11.3. The van der Waals surface area contributed by atoms with Gasteiger partial charge in [-0.25, -0.2) is 4.42 Å². The van der Waals surface area contributed by atoms with E-state index in [0.29, 0.717) is 13.0 Å². The number of rotatable bonds is 3. The molecule has 0 saturated carbocycles. The summed E-state index contributed by atoms with van der Waals surface area (Å²) in [5.74, 6) is -1.48. The molecule has 9 heteroatoms. The monoisotopic (exact) mass is 338 g/mol. The van der Waals surface area contributed by atoms with E-state index in [1.165, 1.54) is 18.2 Å². The molecule has 0 spiro atoms. The van der Waals surface area contributed by atoms with E-state index in [4.69, 9.17) is 11.8 Å². The van der Waals surface area contributed by atoms with Crippen LogP contribution in [0.3, 0.4) is 0 Å². The number of halogens is 4. The highest BCUT2D eigenvalue weighted by Crippen LogP contribution is 2.29. The van der Waals surface area contributed by atoms with Crippen LogP contribution in [0.5, 0.6) is 5.75 Å². The number of aliphatic hydroxyl groups is 1. The summed E-state index contributed by atoms with van der Waals surface area (Å²) in [5.41, 5.74) is -0.319. The maximum atomic E-state index is 12.4. The van der Waals surface area contributed by atoms with Crippen LogP contribution >= 0.6 is 11.8 Å². The van der Waals surface area contributed by atoms with E-state index < -0.39 is 30.2 Å². The number of amides is 1. The van der Waals surface area contributed by atoms with Crippen LogP contribution in [0.2, 0.25) is 0 Å². The topological polar surface area (TPSA) is 61.8 Å². The quantitative estimate of drug-likeness (QED) is 0.826. The molecule has 0 aromatic heterocycles. The van der Waals surface area contributed by atoms with Crippen molar-refractivity contribution < 1.29 is 27.8 Å². The fourth-order valence-corrected chi connectivity index (χ4v) is 2.53. The van der Waals surface area contributed by atoms with Crippen LogP contribution in [-0.4, -0.2) is 47.0 Å². The summed E-state index contributed by atoms with van der Waals surface area (Å²) in [7, 11) is 0. The van der Waals surface area contributed by atoms with Gasteiger partial charge in [0.15, 0.2) is 0 Å². The zero-order valence-corrected chi connectivity index (χ0v) is 12.1. The first-order valence-corrected chi connectivity index (χ1v) is 6.86. The number of para-hydroxylation sites is 1. The van der Waals surface area contributed by atoms with Crippen molar-refractivity contribution >= 4 is 17.7 Å². The number of β-amino-alcohol motifs (C(OH)–C–C–N with tert-alkyl or cyclic N) is 1. The third-order valence-electron chi connectivity index (χ3n) is 3.24. The van der Waals surface area contributed by atoms with Gasteiger partial charge >= 0.3 is 6.36 Å². The standard InChI is InChI=1S/C13H14ClF3N2O3/c14-19(9-5-6-18-7-10(9)20)12(21)8-3-1-2-4-11(8)22-13(15,16)17/h1-4,9-10,18,20H,5-7H2/t9-,10-/m1/s1. The molecule has 0 unspecified atom stereocenters. The van der Waals surface area contributed by atoms with Crippen molar-refractivity contribution in [2.45, 2.75) is 24.9 Å². The van der Waals surface area contributed by atoms with Gasteiger partial charge in [-0.15, -0.1) is 13.2 Å². The maximum absolute atomic E-state index is 12.4. The Kier molecular flexibility index (Phi) is 5.15. The van der Waals surface area contributed by atoms with Gasteiger partial charge < -0.3 is 15.2 Å². The third-order valence-corrected chi connectivity index (χ3v) is 3.65. The van der Waals surface area contributed by atoms with Crippen molar-refractivity contribution in [2.24, 2.45) is 0 Å². The summed E-state index contributed by atoms with van der Waals surface area (Å²) >= 11 is 5.94. The van der Waals surface area contributed by atoms with E-state index in [2.05, 4.69) is 10.1 Å². The second-order valence-corrected chi connectivity index (χ2v) is 5.15. The fraction of sp³-hybridized carbons (Fsp3) is 0.462. The van der Waals surface area contributed by atoms with Gasteiger partial charge in [0.1, 0.15) is 5.75 Å². The molecule has 1 aromatic carbocycles. The molecule has 0 aliphatic carbocycles. The van der Waals surface area contributed by atoms with Gasteiger partial charge in [0.05, 0.1) is 17.7 Å². The number of alkyl halides is 3. The Morgan fingerprint density at radius 2 is 2.09 bits per heavy atom. The van der Waals surface area contributed by atoms with Crippen LogP contribution < -0.4 is 10.1 Å². The molecule has 0 radical (unpaired) electrons. The van der Waals surface area contributed by atoms with Gasteiger partial charge in [-0.1, -0.05) is 12.1 Å². The minimum Gasteiger partial charge on any atom is -0.405 e. The Morgan fingerprint density at radius 1 is 1.41 bits per heavy atom. The first-order chi connectivity index (χ1) is 10.3. The lowest BCUT2D eigenvalue weighted by molar-refractivity contribution is -0.274. The fourth-order valence-electron chi connectivity index (χ4n) is 2.22. The van der Waals surface area contributed by atoms with E-state index in [-0.39, 0.29) is 12.1 Å². The number of nitrogens with one attached hydrogen (secondary N) is 1. The second-order valence-electron chi connectivity index (χ2n) is 4.79. The molecule has 5 nitrogen and oxygen atoms in total. The summed E-state index contributed by atoms with van der Waals surface area (Å²) in [5, 5.41) is 12.8. The summed E-state index contributed by atoms with van der Waals surface area (Å²) in [6.07, 6.45) is -5.42. The summed E-state index contributed by atoms with van der Waals surface area (Å²) in [4.78, 5) is 12.3. The van der Waals surface area contributed by atoms with Crippen LogP contribution in [0, 0.1) is 0 Å². The lowest BCUT2D eigenvalue weighted by Crippen LogP contribution is -2.51. The van der Waals surface area contributed by atoms with Crippen molar-refractivity contribution in [3.63, 3.8) is 0 Å². The average Bonchev–Trinajstić information content (AvgIpc) is 2.45. The molecular formula is C13H14ClF3N2O3. The van der Waals surface area contributed by atoms with Crippen molar-refractivity contribution in [3.8, 4) is 5.75 Å². The van der Waals surface area contributed by atoms with E-state index in [1.807, 2.05) is 0 Å². The van der Waals surface area contributed by atoms with Crippen LogP contribution in [0.1, 0.15) is 16.8 Å². The molecule has 1 fully saturated rings. The molecular weight excluding hydrogens is 325 g/mol. The minimum absolute atomic E-state index is 0.252. The molecule has 2 rings (SSSR count). The summed E-state index contributed by atoms with van der Waals surface area (Å²) < 4.78 is 41.7. The molecule has 1 amide bonds. The molecule has 2 atom stereocenters. The summed E-state index contributed by atoms with van der Waals surface area (Å²) in [6, 6.07) is 4.25. The van der Waals surface area contributed by atoms with E-state index in [0.717, 1.165) is 10.5 Å². The average molecular weight is 339 g/mol. The first-order valence-electron chi connectivity index (χ1n) is 6.52. The second kappa shape index (κ2) is 6.72. The number of aliphatic hydroxyl groups excluding tert-OH is 1. The normalized spacial score (nSPS) is 22.2. The van der Waals surface area contributed by atoms with E-state index in [9.17, 15) is 23.1 Å². The maximum Gasteiger partial charge on any atom is 0.573 e. The molecule has 1 aliphatic rings. The van der Waals surface area contributed by atoms with Gasteiger partial charge in [0, 0.05) is 18.3 Å². The van der Waals surface area contributed by atoms with Crippen molar-refractivity contribution in [2.75, 3.05) is 13.1 Å². The molecule has 1 heterocycles. The SMILES string of the molecule is O=C(c1ccccc1OC(F)(F)F)N(Cl)[C@@H]1CCNC[C@H]1O. The van der Waals surface area contributed by atoms with Crippen LogP contribution in [-0.2, 0) is 0 Å². The number of carbonyl (C=O) groups excluding carboxylic acids is 1. The predicted octanol–water partition coefficient (Wildman–Crippen LogP) is 1.90. The predicted molar refractivity (Wildman–Crippen MR) is 72.4 cm³/mol. The Bertz CT molecular complexity index is 542. The number of benzene rings is 1.